The van der Waals surface area contributed by atoms with E-state index < -0.39 is 0 Å². The number of ether oxygens (including phenoxy) is 1. The van der Waals surface area contributed by atoms with E-state index in [2.05, 4.69) is 20.5 Å². The van der Waals surface area contributed by atoms with Gasteiger partial charge in [-0.1, -0.05) is 30.6 Å². The molecule has 30 heavy (non-hydrogen) atoms. The van der Waals surface area contributed by atoms with E-state index >= 15 is 0 Å². The molecule has 2 N–H and O–H groups in total. The Bertz CT molecular complexity index is 886. The predicted octanol–water partition coefficient (Wildman–Crippen LogP) is 3.40. The molecule has 8 heteroatoms. The third kappa shape index (κ3) is 5.29. The fourth-order valence-electron chi connectivity index (χ4n) is 4.37. The van der Waals surface area contributed by atoms with Gasteiger partial charge in [-0.25, -0.2) is 4.98 Å². The fraction of sp³-hybridized carbons (Fsp3) is 0.591. The van der Waals surface area contributed by atoms with E-state index in [1.807, 2.05) is 18.2 Å². The molecule has 1 saturated carbocycles. The summed E-state index contributed by atoms with van der Waals surface area (Å²) in [5.74, 6) is 1.17. The van der Waals surface area contributed by atoms with Gasteiger partial charge in [0.25, 0.3) is 0 Å². The number of carbonyl (C=O) groups is 2. The van der Waals surface area contributed by atoms with Gasteiger partial charge in [0, 0.05) is 25.0 Å². The van der Waals surface area contributed by atoms with Crippen LogP contribution in [0.1, 0.15) is 44.9 Å². The number of nitrogens with one attached hydrogen (secondary N) is 2. The molecular formula is C22H30N4O3S. The lowest BCUT2D eigenvalue weighted by Gasteiger charge is -2.33. The molecule has 4 rings (SSSR count). The van der Waals surface area contributed by atoms with Gasteiger partial charge >= 0.3 is 0 Å². The van der Waals surface area contributed by atoms with Crippen LogP contribution in [-0.4, -0.2) is 54.5 Å². The zero-order valence-corrected chi connectivity index (χ0v) is 18.3. The Morgan fingerprint density at radius 2 is 1.93 bits per heavy atom. The van der Waals surface area contributed by atoms with Crippen LogP contribution in [0.3, 0.4) is 0 Å². The summed E-state index contributed by atoms with van der Waals surface area (Å²) in [6.45, 7) is 1.99. The van der Waals surface area contributed by atoms with Gasteiger partial charge in [0.2, 0.25) is 11.8 Å². The Labute approximate surface area is 181 Å². The Hall–Kier alpha value is -2.19. The molecule has 2 aliphatic rings. The van der Waals surface area contributed by atoms with Crippen molar-refractivity contribution >= 4 is 38.5 Å². The minimum absolute atomic E-state index is 0.0503. The van der Waals surface area contributed by atoms with Crippen molar-refractivity contribution < 1.29 is 14.3 Å². The van der Waals surface area contributed by atoms with E-state index in [0.717, 1.165) is 54.7 Å². The Morgan fingerprint density at radius 1 is 1.17 bits per heavy atom. The molecule has 1 aliphatic carbocycles. The lowest BCUT2D eigenvalue weighted by atomic mass is 9.88. The molecule has 162 valence electrons. The molecule has 2 amide bonds. The number of hydrogen-bond donors (Lipinski definition) is 2. The number of fused-ring (bicyclic) bond motifs is 1. The highest BCUT2D eigenvalue weighted by Gasteiger charge is 2.26. The molecule has 1 aliphatic heterocycles. The fourth-order valence-corrected chi connectivity index (χ4v) is 5.28. The van der Waals surface area contributed by atoms with Gasteiger partial charge in [0.1, 0.15) is 5.75 Å². The highest BCUT2D eigenvalue weighted by Crippen LogP contribution is 2.29. The van der Waals surface area contributed by atoms with E-state index in [0.29, 0.717) is 11.7 Å². The first-order chi connectivity index (χ1) is 14.6. The number of rotatable bonds is 6. The number of thiazole rings is 1. The molecule has 0 unspecified atom stereocenters. The molecule has 2 fully saturated rings. The van der Waals surface area contributed by atoms with Crippen LogP contribution in [0.25, 0.3) is 10.2 Å². The van der Waals surface area contributed by atoms with Crippen molar-refractivity contribution in [1.82, 2.24) is 15.2 Å². The van der Waals surface area contributed by atoms with E-state index in [9.17, 15) is 9.59 Å². The quantitative estimate of drug-likeness (QED) is 0.734. The minimum Gasteiger partial charge on any atom is -0.497 e. The van der Waals surface area contributed by atoms with Gasteiger partial charge in [-0.05, 0) is 43.9 Å². The monoisotopic (exact) mass is 430 g/mol. The molecular weight excluding hydrogens is 400 g/mol. The van der Waals surface area contributed by atoms with Crippen molar-refractivity contribution in [3.63, 3.8) is 0 Å². The van der Waals surface area contributed by atoms with Gasteiger partial charge in [-0.15, -0.1) is 0 Å². The maximum absolute atomic E-state index is 12.5. The molecule has 1 aromatic carbocycles. The normalized spacial score (nSPS) is 19.0. The Balaban J connectivity index is 1.22. The molecule has 0 atom stereocenters. The second-order valence-corrected chi connectivity index (χ2v) is 9.33. The molecule has 7 nitrogen and oxygen atoms in total. The zero-order valence-electron chi connectivity index (χ0n) is 17.5. The van der Waals surface area contributed by atoms with Crippen molar-refractivity contribution in [2.75, 3.05) is 32.1 Å². The summed E-state index contributed by atoms with van der Waals surface area (Å²) >= 11 is 1.45. The van der Waals surface area contributed by atoms with Gasteiger partial charge in [-0.2, -0.15) is 0 Å². The number of methoxy groups -OCH3 is 1. The highest BCUT2D eigenvalue weighted by atomic mass is 32.1. The average molecular weight is 431 g/mol. The van der Waals surface area contributed by atoms with Crippen LogP contribution in [0, 0.1) is 5.92 Å². The number of amides is 2. The smallest absolute Gasteiger partial charge is 0.240 e. The van der Waals surface area contributed by atoms with E-state index in [-0.39, 0.29) is 23.8 Å². The van der Waals surface area contributed by atoms with E-state index in [1.165, 1.54) is 30.6 Å². The van der Waals surface area contributed by atoms with Crippen LogP contribution in [0.2, 0.25) is 0 Å². The lowest BCUT2D eigenvalue weighted by molar-refractivity contribution is -0.127. The molecule has 1 aromatic heterocycles. The van der Waals surface area contributed by atoms with Crippen molar-refractivity contribution in [3.8, 4) is 5.75 Å². The number of anilines is 1. The maximum atomic E-state index is 12.5. The lowest BCUT2D eigenvalue weighted by Crippen LogP contribution is -2.48. The first kappa shape index (κ1) is 21.1. The number of likely N-dealkylation sites (tertiary alicyclic amines) is 1. The molecule has 2 heterocycles. The summed E-state index contributed by atoms with van der Waals surface area (Å²) in [5.41, 5.74) is 0.852. The summed E-state index contributed by atoms with van der Waals surface area (Å²) < 4.78 is 6.22. The Morgan fingerprint density at radius 3 is 2.67 bits per heavy atom. The SMILES string of the molecule is COc1ccc2nc(NC(=O)CN3CCC(NC(=O)C4CCCCC4)CC3)sc2c1. The van der Waals surface area contributed by atoms with Crippen LogP contribution in [0.4, 0.5) is 5.13 Å². The summed E-state index contributed by atoms with van der Waals surface area (Å²) in [6.07, 6.45) is 7.46. The zero-order chi connectivity index (χ0) is 20.9. The first-order valence-electron chi connectivity index (χ1n) is 10.9. The summed E-state index contributed by atoms with van der Waals surface area (Å²) in [6, 6.07) is 5.92. The number of aromatic nitrogens is 1. The largest absolute Gasteiger partial charge is 0.497 e. The van der Waals surface area contributed by atoms with Gasteiger partial charge < -0.3 is 15.4 Å². The van der Waals surface area contributed by atoms with Crippen molar-refractivity contribution in [1.29, 1.82) is 0 Å². The third-order valence-corrected chi connectivity index (χ3v) is 7.05. The topological polar surface area (TPSA) is 83.6 Å². The average Bonchev–Trinajstić information content (AvgIpc) is 3.16. The van der Waals surface area contributed by atoms with E-state index in [1.54, 1.807) is 7.11 Å². The molecule has 2 aromatic rings. The van der Waals surface area contributed by atoms with Gasteiger partial charge in [-0.3, -0.25) is 14.5 Å². The number of carbonyl (C=O) groups excluding carboxylic acids is 2. The second kappa shape index (κ2) is 9.75. The van der Waals surface area contributed by atoms with Crippen molar-refractivity contribution in [2.45, 2.75) is 51.0 Å². The van der Waals surface area contributed by atoms with Crippen LogP contribution < -0.4 is 15.4 Å². The summed E-state index contributed by atoms with van der Waals surface area (Å²) in [7, 11) is 1.63. The highest BCUT2D eigenvalue weighted by molar-refractivity contribution is 7.22. The van der Waals surface area contributed by atoms with Gasteiger partial charge in [0.05, 0.1) is 23.9 Å². The summed E-state index contributed by atoms with van der Waals surface area (Å²) in [5, 5.41) is 6.77. The molecule has 1 saturated heterocycles. The first-order valence-corrected chi connectivity index (χ1v) is 11.7. The van der Waals surface area contributed by atoms with Crippen LogP contribution in [-0.2, 0) is 9.59 Å². The molecule has 0 radical (unpaired) electrons. The van der Waals surface area contributed by atoms with Crippen LogP contribution in [0.15, 0.2) is 18.2 Å². The summed E-state index contributed by atoms with van der Waals surface area (Å²) in [4.78, 5) is 31.5. The minimum atomic E-state index is -0.0503. The molecule has 0 bridgehead atoms. The number of nitrogens with zero attached hydrogens (tertiary/aromatic N) is 2. The Kier molecular flexibility index (Phi) is 6.84. The van der Waals surface area contributed by atoms with Crippen molar-refractivity contribution in [3.05, 3.63) is 18.2 Å². The van der Waals surface area contributed by atoms with Crippen LogP contribution >= 0.6 is 11.3 Å². The predicted molar refractivity (Wildman–Crippen MR) is 119 cm³/mol. The maximum Gasteiger partial charge on any atom is 0.240 e. The van der Waals surface area contributed by atoms with Crippen LogP contribution in [0.5, 0.6) is 5.75 Å². The second-order valence-electron chi connectivity index (χ2n) is 8.29. The van der Waals surface area contributed by atoms with E-state index in [4.69, 9.17) is 4.74 Å². The number of hydrogen-bond acceptors (Lipinski definition) is 6. The van der Waals surface area contributed by atoms with Gasteiger partial charge in [0.15, 0.2) is 5.13 Å². The number of benzene rings is 1. The number of piperidine rings is 1. The molecule has 0 spiro atoms. The standard InChI is InChI=1S/C22H30N4O3S/c1-29-17-7-8-18-19(13-17)30-22(24-18)25-20(27)14-26-11-9-16(10-12-26)23-21(28)15-5-3-2-4-6-15/h7-8,13,15-16H,2-6,9-12,14H2,1H3,(H,23,28)(H,24,25,27). The van der Waals surface area contributed by atoms with Crippen molar-refractivity contribution in [2.24, 2.45) is 5.92 Å². The third-order valence-electron chi connectivity index (χ3n) is 6.12.